The number of aromatic hydroxyl groups is 1. The van der Waals surface area contributed by atoms with Crippen LogP contribution in [-0.4, -0.2) is 44.4 Å². The lowest BCUT2D eigenvalue weighted by molar-refractivity contribution is 0.343. The number of likely N-dealkylation sites (N-methyl/N-ethyl adjacent to an activating group) is 1. The molecule has 0 saturated carbocycles. The lowest BCUT2D eigenvalue weighted by atomic mass is 9.92. The molecule has 122 valence electrons. The Morgan fingerprint density at radius 1 is 0.957 bits per heavy atom. The molecule has 0 bridgehead atoms. The van der Waals surface area contributed by atoms with Crippen molar-refractivity contribution in [3.05, 3.63) is 41.5 Å². The van der Waals surface area contributed by atoms with Crippen LogP contribution in [0.3, 0.4) is 0 Å². The van der Waals surface area contributed by atoms with Crippen LogP contribution in [0.15, 0.2) is 30.3 Å². The highest BCUT2D eigenvalue weighted by Crippen LogP contribution is 2.43. The van der Waals surface area contributed by atoms with Gasteiger partial charge in [-0.2, -0.15) is 0 Å². The summed E-state index contributed by atoms with van der Waals surface area (Å²) in [6.07, 6.45) is 1.83. The van der Waals surface area contributed by atoms with E-state index in [1.165, 1.54) is 5.56 Å². The zero-order chi connectivity index (χ0) is 16.4. The summed E-state index contributed by atoms with van der Waals surface area (Å²) in [6, 6.07) is 9.98. The van der Waals surface area contributed by atoms with Gasteiger partial charge in [-0.1, -0.05) is 12.1 Å². The fourth-order valence-electron chi connectivity index (χ4n) is 3.16. The monoisotopic (exact) mass is 313 g/mol. The highest BCUT2D eigenvalue weighted by molar-refractivity contribution is 5.80. The van der Waals surface area contributed by atoms with E-state index < -0.39 is 0 Å². The standard InChI is InChI=1S/C19H23NO3/c1-20-10-8-13-4-6-15(22-2)12-16(13)18-14(9-11-20)5-7-17(23-3)19(18)21/h4-7,12,21H,8-11H2,1-3H3. The topological polar surface area (TPSA) is 41.9 Å². The van der Waals surface area contributed by atoms with E-state index in [9.17, 15) is 5.11 Å². The smallest absolute Gasteiger partial charge is 0.165 e. The molecule has 0 amide bonds. The molecule has 0 spiro atoms. The van der Waals surface area contributed by atoms with Crippen LogP contribution in [0, 0.1) is 0 Å². The van der Waals surface area contributed by atoms with Gasteiger partial charge in [-0.3, -0.25) is 0 Å². The van der Waals surface area contributed by atoms with Gasteiger partial charge in [0, 0.05) is 18.7 Å². The second-order valence-electron chi connectivity index (χ2n) is 5.98. The largest absolute Gasteiger partial charge is 0.504 e. The number of ether oxygens (including phenoxy) is 2. The predicted octanol–water partition coefficient (Wildman–Crippen LogP) is 3.11. The number of hydrogen-bond acceptors (Lipinski definition) is 4. The van der Waals surface area contributed by atoms with Crippen LogP contribution in [0.25, 0.3) is 11.1 Å². The van der Waals surface area contributed by atoms with Crippen molar-refractivity contribution in [2.24, 2.45) is 0 Å². The molecule has 1 N–H and O–H groups in total. The number of methoxy groups -OCH3 is 2. The van der Waals surface area contributed by atoms with Crippen molar-refractivity contribution in [1.29, 1.82) is 0 Å². The molecule has 0 aliphatic carbocycles. The fraction of sp³-hybridized carbons (Fsp3) is 0.368. The fourth-order valence-corrected chi connectivity index (χ4v) is 3.16. The zero-order valence-electron chi connectivity index (χ0n) is 13.9. The number of hydrogen-bond donors (Lipinski definition) is 1. The first kappa shape index (κ1) is 15.7. The van der Waals surface area contributed by atoms with Gasteiger partial charge in [0.1, 0.15) is 5.75 Å². The van der Waals surface area contributed by atoms with E-state index >= 15 is 0 Å². The Morgan fingerprint density at radius 3 is 2.35 bits per heavy atom. The van der Waals surface area contributed by atoms with E-state index in [1.807, 2.05) is 18.2 Å². The minimum Gasteiger partial charge on any atom is -0.504 e. The van der Waals surface area contributed by atoms with E-state index in [2.05, 4.69) is 24.1 Å². The van der Waals surface area contributed by atoms with E-state index in [-0.39, 0.29) is 5.75 Å². The molecule has 0 aromatic heterocycles. The van der Waals surface area contributed by atoms with Gasteiger partial charge < -0.3 is 19.5 Å². The molecule has 3 rings (SSSR count). The van der Waals surface area contributed by atoms with Gasteiger partial charge in [0.25, 0.3) is 0 Å². The number of nitrogens with zero attached hydrogens (tertiary/aromatic N) is 1. The number of phenols is 1. The molecule has 0 saturated heterocycles. The number of phenolic OH excluding ortho intramolecular Hbond substituents is 1. The Morgan fingerprint density at radius 2 is 1.65 bits per heavy atom. The van der Waals surface area contributed by atoms with Crippen LogP contribution in [-0.2, 0) is 12.8 Å². The van der Waals surface area contributed by atoms with Crippen molar-refractivity contribution in [2.45, 2.75) is 12.8 Å². The molecule has 0 radical (unpaired) electrons. The minimum absolute atomic E-state index is 0.212. The molecule has 0 fully saturated rings. The summed E-state index contributed by atoms with van der Waals surface area (Å²) in [5, 5.41) is 10.7. The molecule has 2 aromatic carbocycles. The van der Waals surface area contributed by atoms with Gasteiger partial charge in [-0.15, -0.1) is 0 Å². The SMILES string of the molecule is COc1ccc2c(c1)-c1c(ccc(OC)c1O)CCN(C)CC2. The molecule has 4 nitrogen and oxygen atoms in total. The summed E-state index contributed by atoms with van der Waals surface area (Å²) < 4.78 is 10.7. The maximum absolute atomic E-state index is 10.7. The highest BCUT2D eigenvalue weighted by Gasteiger charge is 2.20. The van der Waals surface area contributed by atoms with Crippen molar-refractivity contribution in [2.75, 3.05) is 34.4 Å². The Balaban J connectivity index is 2.26. The Labute approximate surface area is 137 Å². The Hall–Kier alpha value is -2.20. The quantitative estimate of drug-likeness (QED) is 0.925. The van der Waals surface area contributed by atoms with Crippen molar-refractivity contribution in [1.82, 2.24) is 4.90 Å². The van der Waals surface area contributed by atoms with Gasteiger partial charge >= 0.3 is 0 Å². The lowest BCUT2D eigenvalue weighted by Gasteiger charge is -2.17. The maximum atomic E-state index is 10.7. The normalized spacial score (nSPS) is 14.9. The summed E-state index contributed by atoms with van der Waals surface area (Å²) in [7, 11) is 5.38. The third kappa shape index (κ3) is 2.99. The van der Waals surface area contributed by atoms with Crippen LogP contribution in [0.2, 0.25) is 0 Å². The molecule has 2 aromatic rings. The second-order valence-corrected chi connectivity index (χ2v) is 5.98. The van der Waals surface area contributed by atoms with Crippen LogP contribution >= 0.6 is 0 Å². The summed E-state index contributed by atoms with van der Waals surface area (Å²) >= 11 is 0. The summed E-state index contributed by atoms with van der Waals surface area (Å²) in [5.41, 5.74) is 4.25. The molecular weight excluding hydrogens is 290 g/mol. The second kappa shape index (κ2) is 6.50. The first-order valence-corrected chi connectivity index (χ1v) is 7.88. The van der Waals surface area contributed by atoms with Gasteiger partial charge in [0.15, 0.2) is 11.5 Å². The van der Waals surface area contributed by atoms with Crippen LogP contribution in [0.5, 0.6) is 17.2 Å². The van der Waals surface area contributed by atoms with Crippen LogP contribution < -0.4 is 9.47 Å². The number of rotatable bonds is 2. The summed E-state index contributed by atoms with van der Waals surface area (Å²) in [5.74, 6) is 1.51. The third-order valence-corrected chi connectivity index (χ3v) is 4.56. The lowest BCUT2D eigenvalue weighted by Crippen LogP contribution is -2.23. The average molecular weight is 313 g/mol. The van der Waals surface area contributed by atoms with Crippen molar-refractivity contribution in [3.63, 3.8) is 0 Å². The molecular formula is C19H23NO3. The number of benzene rings is 2. The Kier molecular flexibility index (Phi) is 4.44. The first-order valence-electron chi connectivity index (χ1n) is 7.88. The third-order valence-electron chi connectivity index (χ3n) is 4.56. The molecule has 0 unspecified atom stereocenters. The van der Waals surface area contributed by atoms with E-state index in [1.54, 1.807) is 14.2 Å². The summed E-state index contributed by atoms with van der Waals surface area (Å²) in [4.78, 5) is 2.32. The van der Waals surface area contributed by atoms with Gasteiger partial charge in [-0.05, 0) is 54.8 Å². The minimum atomic E-state index is 0.212. The molecule has 1 aliphatic rings. The zero-order valence-corrected chi connectivity index (χ0v) is 13.9. The first-order chi connectivity index (χ1) is 11.1. The van der Waals surface area contributed by atoms with E-state index in [0.29, 0.717) is 5.75 Å². The highest BCUT2D eigenvalue weighted by atomic mass is 16.5. The molecule has 1 heterocycles. The molecule has 1 aliphatic heterocycles. The predicted molar refractivity (Wildman–Crippen MR) is 91.6 cm³/mol. The Bertz CT molecular complexity index is 712. The van der Waals surface area contributed by atoms with E-state index in [4.69, 9.17) is 9.47 Å². The molecule has 23 heavy (non-hydrogen) atoms. The average Bonchev–Trinajstić information content (AvgIpc) is 2.64. The van der Waals surface area contributed by atoms with Gasteiger partial charge in [-0.25, -0.2) is 0 Å². The van der Waals surface area contributed by atoms with Gasteiger partial charge in [0.05, 0.1) is 14.2 Å². The van der Waals surface area contributed by atoms with Crippen molar-refractivity contribution < 1.29 is 14.6 Å². The maximum Gasteiger partial charge on any atom is 0.165 e. The number of fused-ring (bicyclic) bond motifs is 3. The molecule has 0 atom stereocenters. The van der Waals surface area contributed by atoms with Gasteiger partial charge in [0.2, 0.25) is 0 Å². The van der Waals surface area contributed by atoms with Crippen LogP contribution in [0.4, 0.5) is 0 Å². The van der Waals surface area contributed by atoms with Crippen molar-refractivity contribution >= 4 is 0 Å². The molecule has 4 heteroatoms. The van der Waals surface area contributed by atoms with E-state index in [0.717, 1.165) is 48.4 Å². The summed E-state index contributed by atoms with van der Waals surface area (Å²) in [6.45, 7) is 1.95. The van der Waals surface area contributed by atoms with Crippen molar-refractivity contribution in [3.8, 4) is 28.4 Å². The van der Waals surface area contributed by atoms with Crippen LogP contribution in [0.1, 0.15) is 11.1 Å².